The van der Waals surface area contributed by atoms with Gasteiger partial charge in [-0.05, 0) is 82.2 Å². The minimum absolute atomic E-state index is 0.0693. The molecule has 0 amide bonds. The third-order valence-electron chi connectivity index (χ3n) is 9.61. The van der Waals surface area contributed by atoms with Gasteiger partial charge >= 0.3 is 0 Å². The molecule has 0 saturated carbocycles. The Morgan fingerprint density at radius 1 is 1.07 bits per heavy atom. The van der Waals surface area contributed by atoms with Gasteiger partial charge in [0.15, 0.2) is 15.0 Å². The molecule has 3 saturated heterocycles. The Morgan fingerprint density at radius 3 is 2.74 bits per heavy atom. The number of halogens is 1. The van der Waals surface area contributed by atoms with E-state index >= 15 is 0 Å². The van der Waals surface area contributed by atoms with Gasteiger partial charge in [-0.1, -0.05) is 23.5 Å². The second-order valence-corrected chi connectivity index (χ2v) is 15.8. The number of aliphatic hydroxyl groups is 1. The SMILES string of the molecule is CC(c1ccc(F)cc1)n1cncc1CN1CCCC(CCCS(=O)(=O)c2cnc(N3CCN4CCC(O)C4C3)s2)CC1. The lowest BCUT2D eigenvalue weighted by molar-refractivity contribution is 0.108. The summed E-state index contributed by atoms with van der Waals surface area (Å²) in [5, 5.41) is 11.0. The van der Waals surface area contributed by atoms with Crippen LogP contribution in [-0.2, 0) is 16.4 Å². The lowest BCUT2D eigenvalue weighted by Crippen LogP contribution is -2.53. The van der Waals surface area contributed by atoms with Crippen LogP contribution in [0.1, 0.15) is 62.7 Å². The summed E-state index contributed by atoms with van der Waals surface area (Å²) >= 11 is 1.27. The quantitative estimate of drug-likeness (QED) is 0.356. The van der Waals surface area contributed by atoms with Crippen molar-refractivity contribution in [2.24, 2.45) is 5.92 Å². The molecule has 12 heteroatoms. The molecule has 4 atom stereocenters. The van der Waals surface area contributed by atoms with Gasteiger partial charge in [-0.15, -0.1) is 0 Å². The Bertz CT molecular complexity index is 1460. The van der Waals surface area contributed by atoms with Gasteiger partial charge in [0.1, 0.15) is 10.0 Å². The smallest absolute Gasteiger partial charge is 0.189 e. The van der Waals surface area contributed by atoms with Crippen LogP contribution in [0.5, 0.6) is 0 Å². The fraction of sp³-hybridized carbons (Fsp3) is 0.613. The van der Waals surface area contributed by atoms with E-state index in [2.05, 4.69) is 36.2 Å². The monoisotopic (exact) mass is 630 g/mol. The van der Waals surface area contributed by atoms with Crippen molar-refractivity contribution in [3.05, 3.63) is 60.1 Å². The predicted octanol–water partition coefficient (Wildman–Crippen LogP) is 4.20. The van der Waals surface area contributed by atoms with E-state index in [0.29, 0.717) is 23.1 Å². The van der Waals surface area contributed by atoms with Crippen LogP contribution in [0.4, 0.5) is 9.52 Å². The molecule has 1 N–H and O–H groups in total. The lowest BCUT2D eigenvalue weighted by atomic mass is 9.96. The molecule has 0 aliphatic carbocycles. The minimum atomic E-state index is -3.37. The van der Waals surface area contributed by atoms with Crippen molar-refractivity contribution in [3.8, 4) is 0 Å². The van der Waals surface area contributed by atoms with E-state index < -0.39 is 9.84 Å². The van der Waals surface area contributed by atoms with Crippen molar-refractivity contribution >= 4 is 26.3 Å². The Balaban J connectivity index is 0.971. The molecular formula is C31H43FN6O3S2. The second-order valence-electron chi connectivity index (χ2n) is 12.4. The molecule has 0 radical (unpaired) electrons. The Kier molecular flexibility index (Phi) is 9.49. The largest absolute Gasteiger partial charge is 0.391 e. The first-order valence-corrected chi connectivity index (χ1v) is 18.1. The number of hydrogen-bond donors (Lipinski definition) is 1. The average Bonchev–Trinajstić information content (AvgIpc) is 3.73. The standard InChI is InChI=1S/C31H43FN6O3S2/c1-23(25-6-8-26(32)9-7-25)38-22-33-18-27(38)20-35-12-2-4-24(10-13-35)5-3-17-43(40,41)30-19-34-31(42-30)37-16-15-36-14-11-29(39)28(36)21-37/h6-9,18-19,22-24,28-29,39H,2-5,10-17,20-21H2,1H3. The molecule has 2 aromatic heterocycles. The highest BCUT2D eigenvalue weighted by atomic mass is 32.2. The predicted molar refractivity (Wildman–Crippen MR) is 167 cm³/mol. The summed E-state index contributed by atoms with van der Waals surface area (Å²) < 4.78 is 42.3. The van der Waals surface area contributed by atoms with Crippen molar-refractivity contribution in [1.29, 1.82) is 0 Å². The zero-order chi connectivity index (χ0) is 30.0. The number of aromatic nitrogens is 3. The van der Waals surface area contributed by atoms with Crippen molar-refractivity contribution in [2.45, 2.75) is 74.4 Å². The Morgan fingerprint density at radius 2 is 1.91 bits per heavy atom. The number of fused-ring (bicyclic) bond motifs is 1. The highest BCUT2D eigenvalue weighted by Crippen LogP contribution is 2.32. The maximum absolute atomic E-state index is 13.4. The zero-order valence-electron chi connectivity index (χ0n) is 24.9. The van der Waals surface area contributed by atoms with E-state index in [1.54, 1.807) is 0 Å². The maximum Gasteiger partial charge on any atom is 0.189 e. The molecule has 5 heterocycles. The third kappa shape index (κ3) is 7.14. The first kappa shape index (κ1) is 30.6. The van der Waals surface area contributed by atoms with Crippen LogP contribution in [0.2, 0.25) is 0 Å². The van der Waals surface area contributed by atoms with E-state index in [-0.39, 0.29) is 29.8 Å². The van der Waals surface area contributed by atoms with Crippen LogP contribution in [0.25, 0.3) is 0 Å². The number of nitrogens with zero attached hydrogens (tertiary/aromatic N) is 6. The third-order valence-corrected chi connectivity index (χ3v) is 13.0. The fourth-order valence-electron chi connectivity index (χ4n) is 6.96. The Labute approximate surface area is 258 Å². The molecule has 43 heavy (non-hydrogen) atoms. The zero-order valence-corrected chi connectivity index (χ0v) is 26.5. The molecule has 6 rings (SSSR count). The van der Waals surface area contributed by atoms with Crippen molar-refractivity contribution in [2.75, 3.05) is 49.9 Å². The van der Waals surface area contributed by atoms with Crippen LogP contribution in [0, 0.1) is 11.7 Å². The maximum atomic E-state index is 13.4. The molecule has 1 aromatic carbocycles. The van der Waals surface area contributed by atoms with Crippen LogP contribution in [-0.4, -0.2) is 95.0 Å². The molecular weight excluding hydrogens is 588 g/mol. The van der Waals surface area contributed by atoms with Gasteiger partial charge in [-0.25, -0.2) is 22.8 Å². The summed E-state index contributed by atoms with van der Waals surface area (Å²) in [4.78, 5) is 15.8. The van der Waals surface area contributed by atoms with E-state index in [1.807, 2.05) is 24.7 Å². The number of hydrogen-bond acceptors (Lipinski definition) is 9. The summed E-state index contributed by atoms with van der Waals surface area (Å²) in [5.74, 6) is 0.450. The number of thiazole rings is 1. The normalized spacial score (nSPS) is 24.6. The number of sulfone groups is 1. The van der Waals surface area contributed by atoms with Crippen molar-refractivity contribution < 1.29 is 17.9 Å². The van der Waals surface area contributed by atoms with Gasteiger partial charge in [0.25, 0.3) is 0 Å². The minimum Gasteiger partial charge on any atom is -0.391 e. The molecule has 234 valence electrons. The fourth-order valence-corrected chi connectivity index (χ4v) is 9.59. The van der Waals surface area contributed by atoms with E-state index in [9.17, 15) is 17.9 Å². The topological polar surface area (TPSA) is 94.8 Å². The molecule has 0 bridgehead atoms. The van der Waals surface area contributed by atoms with Gasteiger partial charge in [0.2, 0.25) is 0 Å². The van der Waals surface area contributed by atoms with Crippen molar-refractivity contribution in [3.63, 3.8) is 0 Å². The summed E-state index contributed by atoms with van der Waals surface area (Å²) in [6.45, 7) is 8.23. The first-order valence-electron chi connectivity index (χ1n) is 15.6. The summed E-state index contributed by atoms with van der Waals surface area (Å²) in [6, 6.07) is 6.85. The van der Waals surface area contributed by atoms with Gasteiger partial charge in [-0.3, -0.25) is 9.80 Å². The van der Waals surface area contributed by atoms with Crippen LogP contribution < -0.4 is 4.90 Å². The highest BCUT2D eigenvalue weighted by Gasteiger charge is 2.38. The van der Waals surface area contributed by atoms with Crippen LogP contribution in [0.15, 0.2) is 47.2 Å². The number of aliphatic hydroxyl groups excluding tert-OH is 1. The number of benzene rings is 1. The molecule has 0 spiro atoms. The highest BCUT2D eigenvalue weighted by molar-refractivity contribution is 7.93. The number of likely N-dealkylation sites (tertiary alicyclic amines) is 1. The number of piperazine rings is 1. The van der Waals surface area contributed by atoms with Gasteiger partial charge in [-0.2, -0.15) is 0 Å². The summed E-state index contributed by atoms with van der Waals surface area (Å²) in [7, 11) is -3.37. The molecule has 3 aromatic rings. The van der Waals surface area contributed by atoms with Gasteiger partial charge in [0, 0.05) is 38.9 Å². The number of imidazole rings is 1. The average molecular weight is 631 g/mol. The molecule has 3 aliphatic heterocycles. The van der Waals surface area contributed by atoms with E-state index in [1.165, 1.54) is 29.7 Å². The number of anilines is 1. The van der Waals surface area contributed by atoms with E-state index in [0.717, 1.165) is 87.8 Å². The summed E-state index contributed by atoms with van der Waals surface area (Å²) in [6.07, 6.45) is 10.7. The van der Waals surface area contributed by atoms with Crippen LogP contribution >= 0.6 is 11.3 Å². The first-order chi connectivity index (χ1) is 20.8. The lowest BCUT2D eigenvalue weighted by Gasteiger charge is -2.38. The molecule has 4 unspecified atom stereocenters. The van der Waals surface area contributed by atoms with E-state index in [4.69, 9.17) is 0 Å². The molecule has 3 aliphatic rings. The van der Waals surface area contributed by atoms with Crippen molar-refractivity contribution in [1.82, 2.24) is 24.3 Å². The van der Waals surface area contributed by atoms with Gasteiger partial charge in [0.05, 0.1) is 42.2 Å². The van der Waals surface area contributed by atoms with Crippen LogP contribution in [0.3, 0.4) is 0 Å². The van der Waals surface area contributed by atoms with Gasteiger partial charge < -0.3 is 14.6 Å². The number of rotatable bonds is 10. The summed E-state index contributed by atoms with van der Waals surface area (Å²) in [5.41, 5.74) is 2.19. The molecule has 9 nitrogen and oxygen atoms in total. The molecule has 3 fully saturated rings. The second kappa shape index (κ2) is 13.3. The Hall–Kier alpha value is -2.38.